The minimum atomic E-state index is 0.299. The highest BCUT2D eigenvalue weighted by Crippen LogP contribution is 2.61. The van der Waals surface area contributed by atoms with Gasteiger partial charge in [0.25, 0.3) is 0 Å². The molecule has 0 saturated heterocycles. The van der Waals surface area contributed by atoms with Gasteiger partial charge in [-0.05, 0) is 30.6 Å². The molecule has 0 aromatic heterocycles. The van der Waals surface area contributed by atoms with Crippen LogP contribution in [0.3, 0.4) is 0 Å². The molecule has 0 unspecified atom stereocenters. The molecule has 1 rings (SSSR count). The van der Waals surface area contributed by atoms with Gasteiger partial charge < -0.3 is 14.3 Å². The van der Waals surface area contributed by atoms with Crippen LogP contribution in [-0.4, -0.2) is 26.3 Å². The summed E-state index contributed by atoms with van der Waals surface area (Å²) >= 11 is 0. The summed E-state index contributed by atoms with van der Waals surface area (Å²) < 4.78 is 10.1. The summed E-state index contributed by atoms with van der Waals surface area (Å²) in [7, 11) is 1.62. The average Bonchev–Trinajstić information content (AvgIpc) is 2.62. The van der Waals surface area contributed by atoms with Crippen LogP contribution in [0.2, 0.25) is 0 Å². The van der Waals surface area contributed by atoms with Gasteiger partial charge in [0.15, 0.2) is 0 Å². The fourth-order valence-electron chi connectivity index (χ4n) is 2.50. The van der Waals surface area contributed by atoms with Crippen molar-refractivity contribution < 1.29 is 14.3 Å². The second-order valence-electron chi connectivity index (χ2n) is 5.04. The minimum Gasteiger partial charge on any atom is -0.359 e. The molecule has 0 bridgehead atoms. The maximum atomic E-state index is 11.1. The van der Waals surface area contributed by atoms with E-state index in [1.54, 1.807) is 14.0 Å². The van der Waals surface area contributed by atoms with Gasteiger partial charge in [-0.15, -0.1) is 0 Å². The first-order valence-corrected chi connectivity index (χ1v) is 5.56. The summed E-state index contributed by atoms with van der Waals surface area (Å²) in [6.45, 7) is 7.25. The first kappa shape index (κ1) is 12.7. The van der Waals surface area contributed by atoms with Crippen molar-refractivity contribution in [3.8, 4) is 0 Å². The topological polar surface area (TPSA) is 35.5 Å². The second-order valence-corrected chi connectivity index (χ2v) is 5.04. The van der Waals surface area contributed by atoms with E-state index < -0.39 is 0 Å². The van der Waals surface area contributed by atoms with E-state index in [1.165, 1.54) is 0 Å². The van der Waals surface area contributed by atoms with Crippen molar-refractivity contribution in [3.63, 3.8) is 0 Å². The smallest absolute Gasteiger partial charge is 0.146 e. The van der Waals surface area contributed by atoms with Crippen molar-refractivity contribution in [1.82, 2.24) is 0 Å². The van der Waals surface area contributed by atoms with Crippen LogP contribution in [0.1, 0.15) is 33.6 Å². The Balaban J connectivity index is 2.22. The standard InChI is InChI=1S/C12H22O3/c1-9(13)7-11-10(12(11,2)3)5-6-15-8-14-4/h10-11H,5-8H2,1-4H3/t10-,11+/m1/s1. The summed E-state index contributed by atoms with van der Waals surface area (Å²) in [6.07, 6.45) is 1.76. The van der Waals surface area contributed by atoms with Crippen molar-refractivity contribution in [2.75, 3.05) is 20.5 Å². The summed E-state index contributed by atoms with van der Waals surface area (Å²) in [5, 5.41) is 0. The first-order chi connectivity index (χ1) is 7.00. The van der Waals surface area contributed by atoms with E-state index in [4.69, 9.17) is 9.47 Å². The highest BCUT2D eigenvalue weighted by molar-refractivity contribution is 5.76. The third kappa shape index (κ3) is 3.28. The van der Waals surface area contributed by atoms with Crippen molar-refractivity contribution in [2.24, 2.45) is 17.3 Å². The lowest BCUT2D eigenvalue weighted by molar-refractivity contribution is -0.117. The molecule has 0 aromatic carbocycles. The molecule has 1 fully saturated rings. The van der Waals surface area contributed by atoms with Crippen LogP contribution >= 0.6 is 0 Å². The Kier molecular flexibility index (Phi) is 4.29. The molecule has 0 aliphatic heterocycles. The zero-order valence-electron chi connectivity index (χ0n) is 10.2. The number of hydrogen-bond donors (Lipinski definition) is 0. The van der Waals surface area contributed by atoms with E-state index in [9.17, 15) is 4.79 Å². The van der Waals surface area contributed by atoms with Gasteiger partial charge in [-0.2, -0.15) is 0 Å². The van der Waals surface area contributed by atoms with E-state index in [0.717, 1.165) is 19.4 Å². The predicted octanol–water partition coefficient (Wildman–Crippen LogP) is 2.25. The van der Waals surface area contributed by atoms with Crippen LogP contribution in [0.5, 0.6) is 0 Å². The predicted molar refractivity (Wildman–Crippen MR) is 58.5 cm³/mol. The molecule has 1 aliphatic carbocycles. The van der Waals surface area contributed by atoms with Crippen LogP contribution in [0.25, 0.3) is 0 Å². The van der Waals surface area contributed by atoms with Gasteiger partial charge in [0.1, 0.15) is 12.6 Å². The maximum Gasteiger partial charge on any atom is 0.146 e. The van der Waals surface area contributed by atoms with Gasteiger partial charge in [0.2, 0.25) is 0 Å². The number of ketones is 1. The Hall–Kier alpha value is -0.410. The van der Waals surface area contributed by atoms with Crippen molar-refractivity contribution in [1.29, 1.82) is 0 Å². The maximum absolute atomic E-state index is 11.1. The fourth-order valence-corrected chi connectivity index (χ4v) is 2.50. The van der Waals surface area contributed by atoms with E-state index in [1.807, 2.05) is 0 Å². The van der Waals surface area contributed by atoms with E-state index >= 15 is 0 Å². The van der Waals surface area contributed by atoms with Crippen LogP contribution in [0.4, 0.5) is 0 Å². The molecule has 2 atom stereocenters. The molecular weight excluding hydrogens is 192 g/mol. The van der Waals surface area contributed by atoms with Crippen molar-refractivity contribution in [3.05, 3.63) is 0 Å². The molecular formula is C12H22O3. The number of carbonyl (C=O) groups excluding carboxylic acids is 1. The van der Waals surface area contributed by atoms with Gasteiger partial charge in [-0.25, -0.2) is 0 Å². The molecule has 0 amide bonds. The zero-order chi connectivity index (χ0) is 11.5. The van der Waals surface area contributed by atoms with E-state index in [0.29, 0.717) is 29.8 Å². The number of rotatable bonds is 7. The van der Waals surface area contributed by atoms with Gasteiger partial charge >= 0.3 is 0 Å². The van der Waals surface area contributed by atoms with Crippen LogP contribution < -0.4 is 0 Å². The summed E-state index contributed by atoms with van der Waals surface area (Å²) in [5.41, 5.74) is 0.322. The monoisotopic (exact) mass is 214 g/mol. The van der Waals surface area contributed by atoms with Crippen molar-refractivity contribution in [2.45, 2.75) is 33.6 Å². The average molecular weight is 214 g/mol. The van der Waals surface area contributed by atoms with Crippen LogP contribution in [-0.2, 0) is 14.3 Å². The number of Topliss-reactive ketones (excluding diaryl/α,β-unsaturated/α-hetero) is 1. The van der Waals surface area contributed by atoms with E-state index in [2.05, 4.69) is 13.8 Å². The normalized spacial score (nSPS) is 27.7. The molecule has 0 radical (unpaired) electrons. The van der Waals surface area contributed by atoms with Gasteiger partial charge in [-0.1, -0.05) is 13.8 Å². The number of ether oxygens (including phenoxy) is 2. The summed E-state index contributed by atoms with van der Waals surface area (Å²) in [4.78, 5) is 11.1. The first-order valence-electron chi connectivity index (χ1n) is 5.56. The SMILES string of the molecule is COCOCC[C@@H]1[C@H](CC(C)=O)C1(C)C. The molecule has 3 nitrogen and oxygen atoms in total. The number of methoxy groups -OCH3 is 1. The molecule has 0 spiro atoms. The molecule has 1 saturated carbocycles. The Labute approximate surface area is 92.1 Å². The second kappa shape index (κ2) is 5.08. The van der Waals surface area contributed by atoms with Gasteiger partial charge in [0.05, 0.1) is 0 Å². The van der Waals surface area contributed by atoms with Crippen LogP contribution in [0.15, 0.2) is 0 Å². The summed E-state index contributed by atoms with van der Waals surface area (Å²) in [6, 6.07) is 0. The zero-order valence-corrected chi connectivity index (χ0v) is 10.2. The Bertz CT molecular complexity index is 223. The van der Waals surface area contributed by atoms with Crippen LogP contribution in [0, 0.1) is 17.3 Å². The lowest BCUT2D eigenvalue weighted by Gasteiger charge is -2.03. The van der Waals surface area contributed by atoms with Gasteiger partial charge in [0, 0.05) is 20.1 Å². The largest absolute Gasteiger partial charge is 0.359 e. The number of carbonyl (C=O) groups is 1. The fraction of sp³-hybridized carbons (Fsp3) is 0.917. The van der Waals surface area contributed by atoms with Crippen molar-refractivity contribution >= 4 is 5.78 Å². The Morgan fingerprint density at radius 2 is 2.00 bits per heavy atom. The highest BCUT2D eigenvalue weighted by Gasteiger charge is 2.56. The molecule has 0 N–H and O–H groups in total. The van der Waals surface area contributed by atoms with E-state index in [-0.39, 0.29) is 0 Å². The molecule has 15 heavy (non-hydrogen) atoms. The molecule has 0 aromatic rings. The Morgan fingerprint density at radius 3 is 2.53 bits per heavy atom. The Morgan fingerprint density at radius 1 is 1.33 bits per heavy atom. The molecule has 0 heterocycles. The minimum absolute atomic E-state index is 0.299. The lowest BCUT2D eigenvalue weighted by Crippen LogP contribution is -2.01. The third-order valence-corrected chi connectivity index (χ3v) is 3.57. The summed E-state index contributed by atoms with van der Waals surface area (Å²) in [5.74, 6) is 1.49. The molecule has 1 aliphatic rings. The third-order valence-electron chi connectivity index (χ3n) is 3.57. The quantitative estimate of drug-likeness (QED) is 0.481. The number of hydrogen-bond acceptors (Lipinski definition) is 3. The highest BCUT2D eigenvalue weighted by atomic mass is 16.7. The molecule has 88 valence electrons. The molecule has 3 heteroatoms. The van der Waals surface area contributed by atoms with Gasteiger partial charge in [-0.3, -0.25) is 0 Å². The lowest BCUT2D eigenvalue weighted by atomic mass is 10.1.